The predicted octanol–water partition coefficient (Wildman–Crippen LogP) is 4.15. The number of benzene rings is 2. The number of likely N-dealkylation sites (N-methyl/N-ethyl adjacent to an activating group) is 1. The SMILES string of the molecule is Cc1ccc(-c2cc(N(C)[C@H]3CNCCC3(F)F)nn2-c2ccc(C#N)cc2)cc1. The molecule has 30 heavy (non-hydrogen) atoms. The van der Waals surface area contributed by atoms with Crippen LogP contribution >= 0.6 is 0 Å². The van der Waals surface area contributed by atoms with Crippen molar-refractivity contribution in [2.45, 2.75) is 25.3 Å². The van der Waals surface area contributed by atoms with Crippen LogP contribution in [0, 0.1) is 18.3 Å². The molecule has 0 amide bonds. The largest absolute Gasteiger partial charge is 0.348 e. The Balaban J connectivity index is 1.79. The lowest BCUT2D eigenvalue weighted by atomic mass is 10.0. The van der Waals surface area contributed by atoms with Crippen molar-refractivity contribution in [2.24, 2.45) is 0 Å². The lowest BCUT2D eigenvalue weighted by Crippen LogP contribution is -2.56. The molecule has 1 N–H and O–H groups in total. The van der Waals surface area contributed by atoms with Gasteiger partial charge >= 0.3 is 0 Å². The summed E-state index contributed by atoms with van der Waals surface area (Å²) in [6, 6.07) is 18.0. The molecule has 1 aromatic heterocycles. The van der Waals surface area contributed by atoms with Crippen LogP contribution in [-0.4, -0.2) is 41.9 Å². The number of nitriles is 1. The van der Waals surface area contributed by atoms with Crippen molar-refractivity contribution in [1.82, 2.24) is 15.1 Å². The minimum absolute atomic E-state index is 0.191. The number of nitrogens with one attached hydrogen (secondary N) is 1. The molecule has 0 saturated carbocycles. The molecule has 0 radical (unpaired) electrons. The highest BCUT2D eigenvalue weighted by Gasteiger charge is 2.44. The van der Waals surface area contributed by atoms with Crippen LogP contribution in [0.5, 0.6) is 0 Å². The highest BCUT2D eigenvalue weighted by molar-refractivity contribution is 5.67. The smallest absolute Gasteiger partial charge is 0.270 e. The molecular weight excluding hydrogens is 384 g/mol. The van der Waals surface area contributed by atoms with Crippen molar-refractivity contribution < 1.29 is 8.78 Å². The van der Waals surface area contributed by atoms with Crippen LogP contribution in [0.2, 0.25) is 0 Å². The third-order valence-corrected chi connectivity index (χ3v) is 5.57. The van der Waals surface area contributed by atoms with Crippen molar-refractivity contribution in [3.8, 4) is 23.0 Å². The van der Waals surface area contributed by atoms with Crippen LogP contribution in [0.15, 0.2) is 54.6 Å². The van der Waals surface area contributed by atoms with Crippen molar-refractivity contribution >= 4 is 5.82 Å². The van der Waals surface area contributed by atoms with Gasteiger partial charge < -0.3 is 10.2 Å². The van der Waals surface area contributed by atoms with E-state index in [4.69, 9.17) is 5.26 Å². The van der Waals surface area contributed by atoms with Gasteiger partial charge in [-0.25, -0.2) is 13.5 Å². The second-order valence-electron chi connectivity index (χ2n) is 7.67. The maximum absolute atomic E-state index is 14.5. The summed E-state index contributed by atoms with van der Waals surface area (Å²) >= 11 is 0. The number of nitrogens with zero attached hydrogens (tertiary/aromatic N) is 4. The summed E-state index contributed by atoms with van der Waals surface area (Å²) in [7, 11) is 1.66. The summed E-state index contributed by atoms with van der Waals surface area (Å²) in [6.07, 6.45) is -0.191. The molecule has 154 valence electrons. The quantitative estimate of drug-likeness (QED) is 0.706. The molecule has 3 aromatic rings. The molecule has 0 bridgehead atoms. The summed E-state index contributed by atoms with van der Waals surface area (Å²) in [5.74, 6) is -2.31. The van der Waals surface area contributed by atoms with Crippen LogP contribution in [0.3, 0.4) is 0 Å². The van der Waals surface area contributed by atoms with E-state index in [2.05, 4.69) is 16.5 Å². The monoisotopic (exact) mass is 407 g/mol. The van der Waals surface area contributed by atoms with E-state index in [9.17, 15) is 8.78 Å². The molecule has 4 rings (SSSR count). The predicted molar refractivity (Wildman–Crippen MR) is 113 cm³/mol. The van der Waals surface area contributed by atoms with Gasteiger partial charge in [-0.15, -0.1) is 5.10 Å². The Morgan fingerprint density at radius 2 is 1.87 bits per heavy atom. The Labute approximate surface area is 174 Å². The van der Waals surface area contributed by atoms with Gasteiger partial charge in [0.1, 0.15) is 6.04 Å². The standard InChI is InChI=1S/C23H23F2N5/c1-16-3-7-18(8-4-16)20-13-22(29(2)21-15-27-12-11-23(21,24)25)28-30(20)19-9-5-17(14-26)6-10-19/h3-10,13,21,27H,11-12,15H2,1-2H3/t21-/m0/s1. The Morgan fingerprint density at radius 3 is 2.50 bits per heavy atom. The molecule has 1 aliphatic rings. The number of aryl methyl sites for hydroxylation is 1. The first-order chi connectivity index (χ1) is 14.4. The zero-order valence-electron chi connectivity index (χ0n) is 16.9. The van der Waals surface area contributed by atoms with E-state index < -0.39 is 12.0 Å². The summed E-state index contributed by atoms with van der Waals surface area (Å²) in [5, 5.41) is 16.8. The van der Waals surface area contributed by atoms with Gasteiger partial charge in [-0.1, -0.05) is 29.8 Å². The number of rotatable bonds is 4. The van der Waals surface area contributed by atoms with Gasteiger partial charge in [-0.3, -0.25) is 0 Å². The maximum Gasteiger partial charge on any atom is 0.270 e. The molecule has 5 nitrogen and oxygen atoms in total. The first-order valence-electron chi connectivity index (χ1n) is 9.88. The van der Waals surface area contributed by atoms with Crippen LogP contribution in [0.4, 0.5) is 14.6 Å². The normalized spacial score (nSPS) is 18.0. The number of halogens is 2. The molecule has 0 unspecified atom stereocenters. The topological polar surface area (TPSA) is 56.9 Å². The first-order valence-corrected chi connectivity index (χ1v) is 9.88. The van der Waals surface area contributed by atoms with Gasteiger partial charge in [0, 0.05) is 38.2 Å². The van der Waals surface area contributed by atoms with Gasteiger partial charge in [0.25, 0.3) is 5.92 Å². The highest BCUT2D eigenvalue weighted by Crippen LogP contribution is 2.33. The maximum atomic E-state index is 14.5. The molecule has 1 aliphatic heterocycles. The van der Waals surface area contributed by atoms with Crippen LogP contribution in [-0.2, 0) is 0 Å². The van der Waals surface area contributed by atoms with Gasteiger partial charge in [0.2, 0.25) is 0 Å². The van der Waals surface area contributed by atoms with Crippen molar-refractivity contribution in [1.29, 1.82) is 5.26 Å². The third kappa shape index (κ3) is 3.79. The Kier molecular flexibility index (Phi) is 5.27. The second-order valence-corrected chi connectivity index (χ2v) is 7.67. The number of piperidine rings is 1. The van der Waals surface area contributed by atoms with Crippen molar-refractivity contribution in [3.05, 3.63) is 65.7 Å². The molecule has 1 atom stereocenters. The second kappa shape index (κ2) is 7.88. The number of hydrogen-bond acceptors (Lipinski definition) is 4. The minimum atomic E-state index is -2.79. The van der Waals surface area contributed by atoms with Gasteiger partial charge in [-0.05, 0) is 31.2 Å². The average molecular weight is 407 g/mol. The molecule has 1 saturated heterocycles. The molecule has 0 aliphatic carbocycles. The molecular formula is C23H23F2N5. The number of hydrogen-bond donors (Lipinski definition) is 1. The summed E-state index contributed by atoms with van der Waals surface area (Å²) < 4.78 is 30.8. The Bertz CT molecular complexity index is 1060. The molecule has 7 heteroatoms. The van der Waals surface area contributed by atoms with Gasteiger partial charge in [0.15, 0.2) is 5.82 Å². The van der Waals surface area contributed by atoms with E-state index in [0.29, 0.717) is 17.9 Å². The van der Waals surface area contributed by atoms with E-state index in [0.717, 1.165) is 22.5 Å². The fourth-order valence-corrected chi connectivity index (χ4v) is 3.73. The van der Waals surface area contributed by atoms with Crippen molar-refractivity contribution in [2.75, 3.05) is 25.0 Å². The Morgan fingerprint density at radius 1 is 1.17 bits per heavy atom. The fraction of sp³-hybridized carbons (Fsp3) is 0.304. The van der Waals surface area contributed by atoms with Crippen LogP contribution in [0.25, 0.3) is 16.9 Å². The third-order valence-electron chi connectivity index (χ3n) is 5.57. The van der Waals surface area contributed by atoms with E-state index in [-0.39, 0.29) is 13.0 Å². The van der Waals surface area contributed by atoms with E-state index >= 15 is 0 Å². The first kappa shape index (κ1) is 20.0. The van der Waals surface area contributed by atoms with Crippen molar-refractivity contribution in [3.63, 3.8) is 0 Å². The van der Waals surface area contributed by atoms with E-state index in [1.807, 2.05) is 49.4 Å². The number of aromatic nitrogens is 2. The number of alkyl halides is 2. The van der Waals surface area contributed by atoms with Gasteiger partial charge in [-0.2, -0.15) is 5.26 Å². The Hall–Kier alpha value is -3.24. The van der Waals surface area contributed by atoms with E-state index in [1.54, 1.807) is 28.8 Å². The summed E-state index contributed by atoms with van der Waals surface area (Å²) in [4.78, 5) is 1.56. The molecule has 0 spiro atoms. The average Bonchev–Trinajstić information content (AvgIpc) is 3.19. The zero-order chi connectivity index (χ0) is 21.3. The lowest BCUT2D eigenvalue weighted by molar-refractivity contribution is -0.0461. The lowest BCUT2D eigenvalue weighted by Gasteiger charge is -2.38. The molecule has 2 aromatic carbocycles. The molecule has 1 fully saturated rings. The number of anilines is 1. The zero-order valence-corrected chi connectivity index (χ0v) is 16.9. The van der Waals surface area contributed by atoms with E-state index in [1.165, 1.54) is 0 Å². The highest BCUT2D eigenvalue weighted by atomic mass is 19.3. The van der Waals surface area contributed by atoms with Crippen LogP contribution in [0.1, 0.15) is 17.5 Å². The van der Waals surface area contributed by atoms with Gasteiger partial charge in [0.05, 0.1) is 23.0 Å². The van der Waals surface area contributed by atoms with Crippen LogP contribution < -0.4 is 10.2 Å². The summed E-state index contributed by atoms with van der Waals surface area (Å²) in [5.41, 5.74) is 4.18. The minimum Gasteiger partial charge on any atom is -0.348 e. The summed E-state index contributed by atoms with van der Waals surface area (Å²) in [6.45, 7) is 2.53. The fourth-order valence-electron chi connectivity index (χ4n) is 3.73. The molecule has 2 heterocycles.